The molecule has 1 N–H and O–H groups in total. The smallest absolute Gasteiger partial charge is 0.220 e. The molecule has 0 fully saturated rings. The average molecular weight is 299 g/mol. The standard InChI is InChI=1S/C18H21NO3/c1-21-16-10-6-9-15(18(16)22-2)11-12-17(20)19-13-14-7-4-3-5-8-14/h3-10H,11-13H2,1-2H3,(H,19,20). The van der Waals surface area contributed by atoms with E-state index in [1.165, 1.54) is 0 Å². The van der Waals surface area contributed by atoms with Gasteiger partial charge >= 0.3 is 0 Å². The summed E-state index contributed by atoms with van der Waals surface area (Å²) in [5.74, 6) is 1.40. The van der Waals surface area contributed by atoms with Crippen molar-refractivity contribution < 1.29 is 14.3 Å². The number of aryl methyl sites for hydroxylation is 1. The van der Waals surface area contributed by atoms with Crippen molar-refractivity contribution in [2.75, 3.05) is 14.2 Å². The molecule has 22 heavy (non-hydrogen) atoms. The summed E-state index contributed by atoms with van der Waals surface area (Å²) in [6.45, 7) is 0.551. The van der Waals surface area contributed by atoms with Gasteiger partial charge in [-0.3, -0.25) is 4.79 Å². The van der Waals surface area contributed by atoms with E-state index in [9.17, 15) is 4.79 Å². The molecule has 0 spiro atoms. The Balaban J connectivity index is 1.88. The van der Waals surface area contributed by atoms with Gasteiger partial charge in [-0.2, -0.15) is 0 Å². The number of benzene rings is 2. The van der Waals surface area contributed by atoms with Crippen LogP contribution in [0.1, 0.15) is 17.5 Å². The van der Waals surface area contributed by atoms with Gasteiger partial charge in [0.1, 0.15) is 0 Å². The van der Waals surface area contributed by atoms with E-state index < -0.39 is 0 Å². The zero-order valence-corrected chi connectivity index (χ0v) is 13.0. The first-order chi connectivity index (χ1) is 10.7. The van der Waals surface area contributed by atoms with Gasteiger partial charge in [-0.05, 0) is 23.6 Å². The van der Waals surface area contributed by atoms with Gasteiger partial charge in [-0.15, -0.1) is 0 Å². The SMILES string of the molecule is COc1cccc(CCC(=O)NCc2ccccc2)c1OC. The maximum absolute atomic E-state index is 12.0. The average Bonchev–Trinajstić information content (AvgIpc) is 2.58. The molecule has 2 aromatic rings. The van der Waals surface area contributed by atoms with Crippen LogP contribution in [0.2, 0.25) is 0 Å². The van der Waals surface area contributed by atoms with Gasteiger partial charge in [0.25, 0.3) is 0 Å². The molecule has 1 amide bonds. The molecule has 0 bridgehead atoms. The van der Waals surface area contributed by atoms with Crippen molar-refractivity contribution in [3.8, 4) is 11.5 Å². The van der Waals surface area contributed by atoms with Crippen LogP contribution in [0.4, 0.5) is 0 Å². The van der Waals surface area contributed by atoms with E-state index in [4.69, 9.17) is 9.47 Å². The Morgan fingerprint density at radius 3 is 2.45 bits per heavy atom. The van der Waals surface area contributed by atoms with Crippen LogP contribution < -0.4 is 14.8 Å². The Bertz CT molecular complexity index is 611. The fourth-order valence-corrected chi connectivity index (χ4v) is 2.28. The molecule has 4 heteroatoms. The van der Waals surface area contributed by atoms with Gasteiger partial charge in [0.2, 0.25) is 5.91 Å². The predicted octanol–water partition coefficient (Wildman–Crippen LogP) is 2.95. The fourth-order valence-electron chi connectivity index (χ4n) is 2.28. The van der Waals surface area contributed by atoms with Crippen LogP contribution in [0.3, 0.4) is 0 Å². The van der Waals surface area contributed by atoms with Crippen molar-refractivity contribution in [3.05, 3.63) is 59.7 Å². The van der Waals surface area contributed by atoms with Crippen LogP contribution in [-0.4, -0.2) is 20.1 Å². The quantitative estimate of drug-likeness (QED) is 0.855. The lowest BCUT2D eigenvalue weighted by molar-refractivity contribution is -0.121. The number of methoxy groups -OCH3 is 2. The Morgan fingerprint density at radius 2 is 1.77 bits per heavy atom. The second-order valence-corrected chi connectivity index (χ2v) is 4.91. The van der Waals surface area contributed by atoms with Crippen LogP contribution >= 0.6 is 0 Å². The third kappa shape index (κ3) is 4.25. The number of hydrogen-bond donors (Lipinski definition) is 1. The van der Waals surface area contributed by atoms with Crippen molar-refractivity contribution in [2.24, 2.45) is 0 Å². The minimum atomic E-state index is 0.0220. The molecular formula is C18H21NO3. The lowest BCUT2D eigenvalue weighted by atomic mass is 10.1. The zero-order valence-electron chi connectivity index (χ0n) is 13.0. The van der Waals surface area contributed by atoms with Gasteiger partial charge < -0.3 is 14.8 Å². The largest absolute Gasteiger partial charge is 0.493 e. The van der Waals surface area contributed by atoms with Crippen LogP contribution in [0.5, 0.6) is 11.5 Å². The molecule has 0 atom stereocenters. The van der Waals surface area contributed by atoms with E-state index in [1.807, 2.05) is 48.5 Å². The minimum Gasteiger partial charge on any atom is -0.493 e. The Hall–Kier alpha value is -2.49. The number of rotatable bonds is 7. The number of amides is 1. The van der Waals surface area contributed by atoms with E-state index in [0.29, 0.717) is 30.9 Å². The highest BCUT2D eigenvalue weighted by Gasteiger charge is 2.11. The first kappa shape index (κ1) is 15.9. The summed E-state index contributed by atoms with van der Waals surface area (Å²) >= 11 is 0. The topological polar surface area (TPSA) is 47.6 Å². The lowest BCUT2D eigenvalue weighted by Crippen LogP contribution is -2.23. The fraction of sp³-hybridized carbons (Fsp3) is 0.278. The summed E-state index contributed by atoms with van der Waals surface area (Å²) in [6, 6.07) is 15.6. The molecule has 0 saturated carbocycles. The van der Waals surface area contributed by atoms with Crippen molar-refractivity contribution in [3.63, 3.8) is 0 Å². The molecule has 0 aromatic heterocycles. The molecule has 116 valence electrons. The van der Waals surface area contributed by atoms with Gasteiger partial charge in [-0.25, -0.2) is 0 Å². The van der Waals surface area contributed by atoms with Crippen LogP contribution in [0, 0.1) is 0 Å². The van der Waals surface area contributed by atoms with Gasteiger partial charge in [0, 0.05) is 13.0 Å². The number of ether oxygens (including phenoxy) is 2. The highest BCUT2D eigenvalue weighted by atomic mass is 16.5. The number of nitrogens with one attached hydrogen (secondary N) is 1. The molecule has 2 rings (SSSR count). The molecule has 2 aromatic carbocycles. The molecule has 0 aliphatic carbocycles. The van der Waals surface area contributed by atoms with Gasteiger partial charge in [0.05, 0.1) is 14.2 Å². The van der Waals surface area contributed by atoms with Crippen molar-refractivity contribution in [2.45, 2.75) is 19.4 Å². The first-order valence-corrected chi connectivity index (χ1v) is 7.25. The predicted molar refractivity (Wildman–Crippen MR) is 86.2 cm³/mol. The monoisotopic (exact) mass is 299 g/mol. The zero-order chi connectivity index (χ0) is 15.8. The van der Waals surface area contributed by atoms with Crippen molar-refractivity contribution >= 4 is 5.91 Å². The van der Waals surface area contributed by atoms with E-state index in [2.05, 4.69) is 5.32 Å². The molecule has 0 heterocycles. The summed E-state index contributed by atoms with van der Waals surface area (Å²) in [5.41, 5.74) is 2.06. The molecule has 4 nitrogen and oxygen atoms in total. The minimum absolute atomic E-state index is 0.0220. The summed E-state index contributed by atoms with van der Waals surface area (Å²) in [4.78, 5) is 12.0. The summed E-state index contributed by atoms with van der Waals surface area (Å²) in [6.07, 6.45) is 1.03. The van der Waals surface area contributed by atoms with E-state index in [1.54, 1.807) is 14.2 Å². The second kappa shape index (κ2) is 8.08. The molecule has 0 saturated heterocycles. The van der Waals surface area contributed by atoms with E-state index >= 15 is 0 Å². The molecular weight excluding hydrogens is 278 g/mol. The Kier molecular flexibility index (Phi) is 5.83. The molecule has 0 aliphatic rings. The number of carbonyl (C=O) groups is 1. The number of hydrogen-bond acceptors (Lipinski definition) is 3. The summed E-state index contributed by atoms with van der Waals surface area (Å²) in [5, 5.41) is 2.92. The lowest BCUT2D eigenvalue weighted by Gasteiger charge is -2.12. The highest BCUT2D eigenvalue weighted by Crippen LogP contribution is 2.31. The maximum atomic E-state index is 12.0. The third-order valence-corrected chi connectivity index (χ3v) is 3.44. The summed E-state index contributed by atoms with van der Waals surface area (Å²) in [7, 11) is 3.21. The Labute approximate surface area is 131 Å². The number of carbonyl (C=O) groups excluding carboxylic acids is 1. The first-order valence-electron chi connectivity index (χ1n) is 7.25. The normalized spacial score (nSPS) is 10.1. The maximum Gasteiger partial charge on any atom is 0.220 e. The van der Waals surface area contributed by atoms with Crippen molar-refractivity contribution in [1.29, 1.82) is 0 Å². The second-order valence-electron chi connectivity index (χ2n) is 4.91. The Morgan fingerprint density at radius 1 is 1.00 bits per heavy atom. The van der Waals surface area contributed by atoms with Crippen molar-refractivity contribution in [1.82, 2.24) is 5.32 Å². The summed E-state index contributed by atoms with van der Waals surface area (Å²) < 4.78 is 10.6. The van der Waals surface area contributed by atoms with Gasteiger partial charge in [0.15, 0.2) is 11.5 Å². The van der Waals surface area contributed by atoms with Crippen LogP contribution in [-0.2, 0) is 17.8 Å². The van der Waals surface area contributed by atoms with Gasteiger partial charge in [-0.1, -0.05) is 42.5 Å². The van der Waals surface area contributed by atoms with Crippen LogP contribution in [0.15, 0.2) is 48.5 Å². The molecule has 0 unspecified atom stereocenters. The third-order valence-electron chi connectivity index (χ3n) is 3.44. The van der Waals surface area contributed by atoms with E-state index in [0.717, 1.165) is 11.1 Å². The van der Waals surface area contributed by atoms with Crippen LogP contribution in [0.25, 0.3) is 0 Å². The molecule has 0 radical (unpaired) electrons. The highest BCUT2D eigenvalue weighted by molar-refractivity contribution is 5.76. The van der Waals surface area contributed by atoms with E-state index in [-0.39, 0.29) is 5.91 Å². The number of para-hydroxylation sites is 1. The molecule has 0 aliphatic heterocycles.